The van der Waals surface area contributed by atoms with Crippen LogP contribution in [-0.2, 0) is 4.74 Å². The van der Waals surface area contributed by atoms with E-state index in [1.165, 1.54) is 638 Å². The van der Waals surface area contributed by atoms with Crippen molar-refractivity contribution in [3.63, 3.8) is 0 Å². The Morgan fingerprint density at radius 2 is 1.30 bits per heavy atom. The van der Waals surface area contributed by atoms with Gasteiger partial charge in [-0.15, -0.1) is 0 Å². The minimum absolute atomic E-state index is 0.0837. The zero-order valence-electron chi connectivity index (χ0n) is 38.0. The predicted octanol–water partition coefficient (Wildman–Crippen LogP) is -2.33. The maximum absolute atomic E-state index is 13.9. The molecule has 2 aromatic heterocycles. The molecule has 30 heteroatoms. The Labute approximate surface area is 770 Å². The topological polar surface area (TPSA) is 123 Å². The van der Waals surface area contributed by atoms with E-state index in [-0.39, 0.29) is 23.3 Å². The average molecular weight is 1230 g/mol. The molecule has 0 aliphatic heterocycles. The first-order valence-corrected chi connectivity index (χ1v) is 180. The number of esters is 1. The SMILES string of the molecule is Cc1cc(F)c([N+](=O)[O-])cc1Nc1ncc(C(=O)OC(C)C)c(-c2c[nH]c3ccccc23)n1.[K][K].[K][K].[K][K].[K][K].[K][K].[K][K].[K][K].[K][K].[K][K].[K][K]. The summed E-state index contributed by atoms with van der Waals surface area (Å²) < 4.78 is 19.3. The second kappa shape index (κ2) is 78.4. The van der Waals surface area contributed by atoms with E-state index >= 15 is 0 Å². The molecule has 0 amide bonds. The third kappa shape index (κ3) is 52.1. The van der Waals surface area contributed by atoms with E-state index in [1.807, 2.05) is 24.3 Å². The quantitative estimate of drug-likeness (QED) is 0.0964. The number of para-hydroxylation sites is 1. The third-order valence-corrected chi connectivity index (χ3v) is 4.93. The number of nitro benzene ring substituents is 1. The van der Waals surface area contributed by atoms with Crippen LogP contribution in [0.25, 0.3) is 22.2 Å². The number of carbonyl (C=O) groups is 1. The molecule has 4 aromatic rings. The number of fused-ring (bicyclic) bond motifs is 1. The Balaban J connectivity index is -0.000000184. The predicted molar refractivity (Wildman–Crippen MR) is 236 cm³/mol. The molecule has 2 aromatic carbocycles. The number of ether oxygens (including phenoxy) is 1. The van der Waals surface area contributed by atoms with Crippen LogP contribution in [0, 0.1) is 22.9 Å². The summed E-state index contributed by atoms with van der Waals surface area (Å²) in [6, 6.07) is 9.68. The van der Waals surface area contributed by atoms with Crippen molar-refractivity contribution in [2.75, 3.05) is 5.32 Å². The van der Waals surface area contributed by atoms with Crippen LogP contribution < -0.4 is 5.32 Å². The molecule has 0 atom stereocenters. The monoisotopic (exact) mass is 1230 g/mol. The van der Waals surface area contributed by atoms with Gasteiger partial charge in [-0.3, -0.25) is 10.1 Å². The van der Waals surface area contributed by atoms with Crippen molar-refractivity contribution in [2.45, 2.75) is 26.9 Å². The van der Waals surface area contributed by atoms with Crippen molar-refractivity contribution in [1.82, 2.24) is 15.0 Å². The van der Waals surface area contributed by atoms with Gasteiger partial charge in [-0.05, 0) is 38.5 Å². The first-order chi connectivity index (χ1) is 25.7. The van der Waals surface area contributed by atoms with Gasteiger partial charge in [-0.2, -0.15) is 4.39 Å². The average Bonchev–Trinajstić information content (AvgIpc) is 3.67. The van der Waals surface area contributed by atoms with Crippen molar-refractivity contribution < 1.29 is 18.8 Å². The summed E-state index contributed by atoms with van der Waals surface area (Å²) in [4.78, 5) is 34.9. The van der Waals surface area contributed by atoms with E-state index < -0.39 is 22.4 Å². The molecule has 0 fully saturated rings. The number of aromatic amines is 1. The number of anilines is 2. The molecule has 9 nitrogen and oxygen atoms in total. The number of H-pyrrole nitrogens is 1. The van der Waals surface area contributed by atoms with Gasteiger partial charge in [-0.25, -0.2) is 14.8 Å². The van der Waals surface area contributed by atoms with Crippen molar-refractivity contribution in [2.24, 2.45) is 0 Å². The van der Waals surface area contributed by atoms with Gasteiger partial charge in [0.2, 0.25) is 11.8 Å². The van der Waals surface area contributed by atoms with Crippen LogP contribution in [0.2, 0.25) is 0 Å². The van der Waals surface area contributed by atoms with Crippen LogP contribution in [0.1, 0.15) is 29.8 Å². The number of benzene rings is 2. The van der Waals surface area contributed by atoms with E-state index in [0.717, 1.165) is 23.0 Å². The Bertz CT molecular complexity index is 1430. The fourth-order valence-corrected chi connectivity index (χ4v) is 3.40. The number of hydrogen-bond donors (Lipinski definition) is 2. The number of carbonyl (C=O) groups excluding carboxylic acids is 1. The minimum atomic E-state index is -0.935. The molecule has 188 valence electrons. The van der Waals surface area contributed by atoms with Crippen LogP contribution in [0.4, 0.5) is 21.7 Å². The van der Waals surface area contributed by atoms with Crippen molar-refractivity contribution in [3.05, 3.63) is 75.9 Å². The van der Waals surface area contributed by atoms with E-state index in [4.69, 9.17) is 4.74 Å². The van der Waals surface area contributed by atoms with Gasteiger partial charge < -0.3 is 15.0 Å². The Hall–Kier alpha value is 28.4. The molecular weight excluding hydrogens is 1210 g/mol. The number of rotatable bonds is 6. The number of nitrogens with one attached hydrogen (secondary N) is 2. The van der Waals surface area contributed by atoms with Crippen molar-refractivity contribution in [1.29, 1.82) is 0 Å². The van der Waals surface area contributed by atoms with E-state index in [9.17, 15) is 19.3 Å². The summed E-state index contributed by atoms with van der Waals surface area (Å²) in [5.41, 5.74) is 2.04. The van der Waals surface area contributed by atoms with E-state index in [0.29, 0.717) is 16.8 Å². The number of hydrogen-bond acceptors (Lipinski definition) is 7. The van der Waals surface area contributed by atoms with Crippen molar-refractivity contribution >= 4 is 666 Å². The van der Waals surface area contributed by atoms with Gasteiger partial charge in [0, 0.05) is 34.9 Å². The summed E-state index contributed by atoms with van der Waals surface area (Å²) in [5, 5.41) is 14.9. The van der Waals surface area contributed by atoms with E-state index in [1.54, 1.807) is 27.0 Å². The molecule has 0 bridgehead atoms. The second-order valence-corrected chi connectivity index (χ2v) is 7.66. The molecule has 0 spiro atoms. The van der Waals surface area contributed by atoms with Crippen LogP contribution in [0.15, 0.2) is 48.8 Å². The van der Waals surface area contributed by atoms with Gasteiger partial charge in [0.15, 0.2) is 0 Å². The third-order valence-electron chi connectivity index (χ3n) is 4.93. The molecular formula is C23H20FK20N5O4. The summed E-state index contributed by atoms with van der Waals surface area (Å²) >= 11 is 25.0. The number of aromatic nitrogens is 3. The van der Waals surface area contributed by atoms with E-state index in [2.05, 4.69) is 20.3 Å². The number of nitrogens with zero attached hydrogens (tertiary/aromatic N) is 3. The summed E-state index contributed by atoms with van der Waals surface area (Å²) in [7, 11) is 0. The molecule has 53 heavy (non-hydrogen) atoms. The maximum atomic E-state index is 13.9. The van der Waals surface area contributed by atoms with Crippen LogP contribution >= 0.6 is 0 Å². The molecule has 4 rings (SSSR count). The number of halogens is 1. The Morgan fingerprint density at radius 3 is 1.75 bits per heavy atom. The van der Waals surface area contributed by atoms with Gasteiger partial charge >= 0.3 is 643 Å². The van der Waals surface area contributed by atoms with Crippen LogP contribution in [0.5, 0.6) is 0 Å². The normalized spacial score (nSPS) is 8.40. The second-order valence-electron chi connectivity index (χ2n) is 7.66. The molecule has 2 N–H and O–H groups in total. The fraction of sp³-hybridized carbons (Fsp3) is 0.174. The van der Waals surface area contributed by atoms with Gasteiger partial charge in [0.05, 0.1) is 22.4 Å². The van der Waals surface area contributed by atoms with Gasteiger partial charge in [-0.1, -0.05) is 18.2 Å². The molecule has 0 radical (unpaired) electrons. The summed E-state index contributed by atoms with van der Waals surface area (Å²) in [6.45, 7) is 5.08. The van der Waals surface area contributed by atoms with Crippen molar-refractivity contribution in [3.8, 4) is 11.3 Å². The molecule has 0 saturated heterocycles. The fourth-order valence-electron chi connectivity index (χ4n) is 3.40. The summed E-state index contributed by atoms with van der Waals surface area (Å²) in [6.07, 6.45) is 2.73. The molecule has 2 heterocycles. The molecule has 0 aliphatic carbocycles. The summed E-state index contributed by atoms with van der Waals surface area (Å²) in [5.74, 6) is -1.43. The number of nitro groups is 1. The number of aryl methyl sites for hydroxylation is 1. The van der Waals surface area contributed by atoms with Gasteiger partial charge in [0.1, 0.15) is 5.56 Å². The molecule has 0 aliphatic rings. The molecule has 0 unspecified atom stereocenters. The van der Waals surface area contributed by atoms with Gasteiger partial charge in [0.25, 0.3) is 0 Å². The first kappa shape index (κ1) is 95.0. The van der Waals surface area contributed by atoms with Crippen LogP contribution in [-0.4, -0.2) is 663 Å². The van der Waals surface area contributed by atoms with Crippen LogP contribution in [0.3, 0.4) is 0 Å². The Kier molecular flexibility index (Phi) is 141. The Morgan fingerprint density at radius 1 is 0.830 bits per heavy atom. The standard InChI is InChI=1S/C23H20FN5O4.20K/c1-12(2)33-22(30)16-11-26-23(27-19-9-20(29(31)32)17(24)8-13(19)3)28-21(16)15-10-25-18-7-5-4-6-14(15)18;;;;;;;;;;;;;;;;;;;;/h4-12,25H,1-3H3,(H,26,27,28);;;;;;;;;;;;;;;;;;;;. The zero-order valence-corrected chi connectivity index (χ0v) is 101. The zero-order chi connectivity index (χ0) is 43.7. The first-order valence-electron chi connectivity index (χ1n) is 20.1. The molecule has 0 saturated carbocycles.